The molecule has 2 aromatic carbocycles. The van der Waals surface area contributed by atoms with E-state index in [1.807, 2.05) is 44.2 Å². The summed E-state index contributed by atoms with van der Waals surface area (Å²) in [6.45, 7) is 5.79. The third-order valence-corrected chi connectivity index (χ3v) is 4.69. The van der Waals surface area contributed by atoms with Crippen LogP contribution in [0, 0.1) is 10.1 Å². The molecule has 0 N–H and O–H groups in total. The van der Waals surface area contributed by atoms with Crippen molar-refractivity contribution < 1.29 is 14.2 Å². The highest BCUT2D eigenvalue weighted by Gasteiger charge is 2.26. The van der Waals surface area contributed by atoms with E-state index in [-0.39, 0.29) is 24.2 Å². The number of carbonyl (C=O) groups excluding carboxylic acids is 1. The van der Waals surface area contributed by atoms with Gasteiger partial charge in [-0.1, -0.05) is 47.6 Å². The largest absolute Gasteiger partial charge is 0.337 e. The number of benzene rings is 2. The number of nitro groups is 1. The van der Waals surface area contributed by atoms with Crippen molar-refractivity contribution in [2.24, 2.45) is 0 Å². The maximum Gasteiger partial charge on any atom is 0.269 e. The summed E-state index contributed by atoms with van der Waals surface area (Å²) in [5.74, 6) is 0.241. The number of non-ortho nitro benzene ring substituents is 1. The number of hydrogen-bond donors (Lipinski definition) is 0. The van der Waals surface area contributed by atoms with Gasteiger partial charge in [0.15, 0.2) is 0 Å². The van der Waals surface area contributed by atoms with Gasteiger partial charge in [0.1, 0.15) is 6.54 Å². The number of carbonyl (C=O) groups is 1. The number of nitrogens with zero attached hydrogens (tertiary/aromatic N) is 4. The zero-order chi connectivity index (χ0) is 21.0. The second kappa shape index (κ2) is 8.64. The van der Waals surface area contributed by atoms with Crippen molar-refractivity contribution in [3.63, 3.8) is 0 Å². The molecular weight excluding hydrogens is 372 g/mol. The Kier molecular flexibility index (Phi) is 6.01. The Hall–Kier alpha value is -3.55. The second-order valence-electron chi connectivity index (χ2n) is 7.01. The average molecular weight is 394 g/mol. The monoisotopic (exact) mass is 394 g/mol. The quantitative estimate of drug-likeness (QED) is 0.440. The van der Waals surface area contributed by atoms with Gasteiger partial charge in [-0.3, -0.25) is 14.9 Å². The molecule has 3 aromatic rings. The van der Waals surface area contributed by atoms with Crippen LogP contribution in [0.15, 0.2) is 59.1 Å². The van der Waals surface area contributed by atoms with Crippen molar-refractivity contribution in [1.82, 2.24) is 15.0 Å². The first-order chi connectivity index (χ1) is 13.9. The van der Waals surface area contributed by atoms with Crippen molar-refractivity contribution in [2.75, 3.05) is 0 Å². The summed E-state index contributed by atoms with van der Waals surface area (Å²) >= 11 is 0. The van der Waals surface area contributed by atoms with Crippen LogP contribution in [0.5, 0.6) is 0 Å². The molecule has 1 heterocycles. The molecule has 1 unspecified atom stereocenters. The van der Waals surface area contributed by atoms with Crippen molar-refractivity contribution in [3.8, 4) is 11.4 Å². The fraction of sp³-hybridized carbons (Fsp3) is 0.286. The van der Waals surface area contributed by atoms with Crippen LogP contribution in [-0.4, -0.2) is 31.9 Å². The summed E-state index contributed by atoms with van der Waals surface area (Å²) < 4.78 is 5.35. The Morgan fingerprint density at radius 3 is 2.34 bits per heavy atom. The predicted octanol–water partition coefficient (Wildman–Crippen LogP) is 4.19. The molecule has 29 heavy (non-hydrogen) atoms. The van der Waals surface area contributed by atoms with E-state index < -0.39 is 10.8 Å². The number of nitro benzene ring substituents is 1. The topological polar surface area (TPSA) is 102 Å². The number of aromatic nitrogens is 2. The zero-order valence-corrected chi connectivity index (χ0v) is 16.5. The second-order valence-corrected chi connectivity index (χ2v) is 7.01. The first kappa shape index (κ1) is 20.2. The van der Waals surface area contributed by atoms with Crippen LogP contribution in [-0.2, 0) is 11.3 Å². The molecule has 0 spiro atoms. The summed E-state index contributed by atoms with van der Waals surface area (Å²) in [7, 11) is 0. The summed E-state index contributed by atoms with van der Waals surface area (Å²) in [6, 6.07) is 15.4. The van der Waals surface area contributed by atoms with Gasteiger partial charge in [0.05, 0.1) is 10.8 Å². The molecule has 0 aliphatic rings. The molecule has 1 amide bonds. The van der Waals surface area contributed by atoms with Gasteiger partial charge in [0.2, 0.25) is 17.6 Å². The van der Waals surface area contributed by atoms with E-state index in [2.05, 4.69) is 10.1 Å². The maximum absolute atomic E-state index is 13.1. The van der Waals surface area contributed by atoms with E-state index in [1.165, 1.54) is 12.1 Å². The van der Waals surface area contributed by atoms with Crippen LogP contribution in [0.2, 0.25) is 0 Å². The molecule has 150 valence electrons. The Bertz CT molecular complexity index is 983. The zero-order valence-electron chi connectivity index (χ0n) is 16.5. The lowest BCUT2D eigenvalue weighted by molar-refractivity contribution is -0.384. The summed E-state index contributed by atoms with van der Waals surface area (Å²) in [5.41, 5.74) is 1.54. The molecule has 0 bridgehead atoms. The molecule has 0 radical (unpaired) electrons. The van der Waals surface area contributed by atoms with Gasteiger partial charge in [0, 0.05) is 23.7 Å². The molecule has 1 atom stereocenters. The van der Waals surface area contributed by atoms with Crippen LogP contribution in [0.4, 0.5) is 5.69 Å². The highest BCUT2D eigenvalue weighted by molar-refractivity contribution is 5.83. The normalized spacial score (nSPS) is 12.0. The van der Waals surface area contributed by atoms with Gasteiger partial charge in [-0.15, -0.1) is 0 Å². The molecule has 1 aromatic heterocycles. The molecule has 8 heteroatoms. The highest BCUT2D eigenvalue weighted by atomic mass is 16.6. The highest BCUT2D eigenvalue weighted by Crippen LogP contribution is 2.23. The van der Waals surface area contributed by atoms with Crippen LogP contribution in [0.25, 0.3) is 11.4 Å². The average Bonchev–Trinajstić information content (AvgIpc) is 3.20. The molecule has 3 rings (SSSR count). The minimum atomic E-state index is -0.463. The Morgan fingerprint density at radius 2 is 1.76 bits per heavy atom. The number of amides is 1. The van der Waals surface area contributed by atoms with Crippen LogP contribution < -0.4 is 0 Å². The third kappa shape index (κ3) is 4.66. The standard InChI is InChI=1S/C21H22N4O4/c1-14(2)24(13-19-22-20(23-29-19)17-7-5-4-6-8-17)21(26)15(3)16-9-11-18(12-10-16)25(27)28/h4-12,14-15H,13H2,1-3H3. The molecule has 0 saturated carbocycles. The molecule has 0 saturated heterocycles. The van der Waals surface area contributed by atoms with Gasteiger partial charge >= 0.3 is 0 Å². The van der Waals surface area contributed by atoms with E-state index >= 15 is 0 Å². The fourth-order valence-electron chi connectivity index (χ4n) is 2.96. The first-order valence-corrected chi connectivity index (χ1v) is 9.29. The van der Waals surface area contributed by atoms with Gasteiger partial charge in [-0.25, -0.2) is 0 Å². The van der Waals surface area contributed by atoms with Crippen molar-refractivity contribution in [3.05, 3.63) is 76.2 Å². The molecule has 0 aliphatic carbocycles. The number of hydrogen-bond acceptors (Lipinski definition) is 6. The first-order valence-electron chi connectivity index (χ1n) is 9.29. The van der Waals surface area contributed by atoms with E-state index in [0.29, 0.717) is 17.3 Å². The van der Waals surface area contributed by atoms with Gasteiger partial charge in [-0.05, 0) is 26.3 Å². The predicted molar refractivity (Wildman–Crippen MR) is 107 cm³/mol. The van der Waals surface area contributed by atoms with Crippen LogP contribution >= 0.6 is 0 Å². The summed E-state index contributed by atoms with van der Waals surface area (Å²) in [4.78, 5) is 29.5. The lowest BCUT2D eigenvalue weighted by Crippen LogP contribution is -2.39. The van der Waals surface area contributed by atoms with Gasteiger partial charge < -0.3 is 9.42 Å². The smallest absolute Gasteiger partial charge is 0.269 e. The molecular formula is C21H22N4O4. The van der Waals surface area contributed by atoms with Gasteiger partial charge in [-0.2, -0.15) is 4.98 Å². The van der Waals surface area contributed by atoms with Crippen LogP contribution in [0.3, 0.4) is 0 Å². The Balaban J connectivity index is 1.76. The summed E-state index contributed by atoms with van der Waals surface area (Å²) in [6.07, 6.45) is 0. The molecule has 0 fully saturated rings. The van der Waals surface area contributed by atoms with E-state index in [1.54, 1.807) is 24.0 Å². The van der Waals surface area contributed by atoms with Crippen molar-refractivity contribution in [2.45, 2.75) is 39.3 Å². The Morgan fingerprint density at radius 1 is 1.10 bits per heavy atom. The van der Waals surface area contributed by atoms with E-state index in [0.717, 1.165) is 5.56 Å². The maximum atomic E-state index is 13.1. The molecule has 8 nitrogen and oxygen atoms in total. The van der Waals surface area contributed by atoms with Gasteiger partial charge in [0.25, 0.3) is 5.69 Å². The lowest BCUT2D eigenvalue weighted by Gasteiger charge is -2.28. The van der Waals surface area contributed by atoms with E-state index in [4.69, 9.17) is 4.52 Å². The lowest BCUT2D eigenvalue weighted by atomic mass is 9.98. The molecule has 0 aliphatic heterocycles. The minimum Gasteiger partial charge on any atom is -0.337 e. The number of rotatable bonds is 7. The fourth-order valence-corrected chi connectivity index (χ4v) is 2.96. The van der Waals surface area contributed by atoms with Crippen molar-refractivity contribution in [1.29, 1.82) is 0 Å². The minimum absolute atomic E-state index is 0.00610. The Labute approximate surface area is 168 Å². The van der Waals surface area contributed by atoms with E-state index in [9.17, 15) is 14.9 Å². The summed E-state index contributed by atoms with van der Waals surface area (Å²) in [5, 5.41) is 14.8. The SMILES string of the molecule is CC(C(=O)N(Cc1nc(-c2ccccc2)no1)C(C)C)c1ccc([N+](=O)[O-])cc1. The third-order valence-electron chi connectivity index (χ3n) is 4.69. The van der Waals surface area contributed by atoms with Crippen LogP contribution in [0.1, 0.15) is 38.1 Å². The van der Waals surface area contributed by atoms with Crippen molar-refractivity contribution >= 4 is 11.6 Å².